The molecule has 4 aromatic carbocycles. The Kier molecular flexibility index (Phi) is 11.4. The minimum absolute atomic E-state index is 0.172. The molecular weight excluding hydrogens is 638 g/mol. The van der Waals surface area contributed by atoms with Crippen molar-refractivity contribution in [1.82, 2.24) is 0 Å². The summed E-state index contributed by atoms with van der Waals surface area (Å²) in [6, 6.07) is 20.8. The van der Waals surface area contributed by atoms with Crippen molar-refractivity contribution in [3.05, 3.63) is 140 Å². The maximum atomic E-state index is 11.5. The van der Waals surface area contributed by atoms with Crippen LogP contribution in [0.2, 0.25) is 0 Å². The lowest BCUT2D eigenvalue weighted by Gasteiger charge is -2.20. The molecule has 4 aromatic rings. The zero-order valence-corrected chi connectivity index (χ0v) is 26.1. The molecule has 2 N–H and O–H groups in total. The highest BCUT2D eigenvalue weighted by atomic mass is 31.2. The van der Waals surface area contributed by atoms with Gasteiger partial charge in [0.15, 0.2) is 11.1 Å². The van der Waals surface area contributed by atoms with Crippen LogP contribution in [0.3, 0.4) is 0 Å². The number of hydrogen-bond donors (Lipinski definition) is 2. The number of terminal acetylenes is 2. The van der Waals surface area contributed by atoms with Crippen molar-refractivity contribution in [2.75, 3.05) is 0 Å². The van der Waals surface area contributed by atoms with E-state index in [0.29, 0.717) is 33.7 Å². The molecule has 2 radical (unpaired) electrons. The molecule has 0 aromatic heterocycles. The molecule has 0 bridgehead atoms. The second kappa shape index (κ2) is 15.6. The average molecular weight is 665 g/mol. The van der Waals surface area contributed by atoms with Gasteiger partial charge in [0.05, 0.1) is 21.0 Å². The van der Waals surface area contributed by atoms with E-state index in [2.05, 4.69) is 18.4 Å². The monoisotopic (exact) mass is 665 g/mol. The van der Waals surface area contributed by atoms with Gasteiger partial charge in [-0.1, -0.05) is 18.4 Å². The fraction of sp³-hybridized carbons (Fsp3) is 0.118. The Morgan fingerprint density at radius 3 is 1.58 bits per heavy atom. The molecule has 0 aliphatic rings. The molecule has 0 spiro atoms. The summed E-state index contributed by atoms with van der Waals surface area (Å²) in [6.07, 6.45) is 9.25. The third-order valence-corrected chi connectivity index (χ3v) is 8.79. The SMILES string of the molecule is [B][P+](OC=C)(Oc1ccc(OCc2cc(C(O)C#C)ccc2[N+](=O)[O-])cc1)c1ccc(OCc2cc(C(O)C#C)ccc2[N+](=O)[O-])cc1. The fourth-order valence-corrected chi connectivity index (χ4v) is 5.89. The number of nitro benzene ring substituents is 2. The lowest BCUT2D eigenvalue weighted by molar-refractivity contribution is -0.386. The highest BCUT2D eigenvalue weighted by molar-refractivity contribution is 7.96. The molecule has 240 valence electrons. The molecule has 0 aliphatic carbocycles. The van der Waals surface area contributed by atoms with Crippen molar-refractivity contribution in [1.29, 1.82) is 0 Å². The summed E-state index contributed by atoms with van der Waals surface area (Å²) < 4.78 is 23.2. The molecule has 0 saturated carbocycles. The normalized spacial score (nSPS) is 13.0. The summed E-state index contributed by atoms with van der Waals surface area (Å²) in [4.78, 5) is 21.9. The Morgan fingerprint density at radius 1 is 0.771 bits per heavy atom. The van der Waals surface area contributed by atoms with E-state index in [4.69, 9.17) is 38.9 Å². The van der Waals surface area contributed by atoms with Crippen molar-refractivity contribution >= 4 is 31.8 Å². The average Bonchev–Trinajstić information content (AvgIpc) is 3.09. The Morgan fingerprint density at radius 2 is 1.19 bits per heavy atom. The van der Waals surface area contributed by atoms with Crippen molar-refractivity contribution in [2.24, 2.45) is 0 Å². The number of nitro groups is 2. The molecule has 12 nitrogen and oxygen atoms in total. The third-order valence-electron chi connectivity index (χ3n) is 6.83. The summed E-state index contributed by atoms with van der Waals surface area (Å²) in [5, 5.41) is 43.3. The fourth-order valence-electron chi connectivity index (χ4n) is 4.40. The molecule has 14 heteroatoms. The van der Waals surface area contributed by atoms with Crippen molar-refractivity contribution in [2.45, 2.75) is 25.4 Å². The number of ether oxygens (including phenoxy) is 2. The number of aliphatic hydroxyl groups excluding tert-OH is 2. The molecule has 3 atom stereocenters. The number of aliphatic hydroxyl groups is 2. The molecular formula is C34H27BN2O10P+. The van der Waals surface area contributed by atoms with Crippen LogP contribution in [0.4, 0.5) is 11.4 Å². The van der Waals surface area contributed by atoms with E-state index in [1.54, 1.807) is 48.5 Å². The second-order valence-electron chi connectivity index (χ2n) is 9.93. The van der Waals surface area contributed by atoms with Crippen LogP contribution in [0, 0.1) is 44.9 Å². The van der Waals surface area contributed by atoms with E-state index >= 15 is 0 Å². The van der Waals surface area contributed by atoms with Gasteiger partial charge in [0, 0.05) is 12.1 Å². The number of hydrogen-bond acceptors (Lipinski definition) is 10. The van der Waals surface area contributed by atoms with E-state index < -0.39 is 29.6 Å². The number of nitrogens with zero attached hydrogens (tertiary/aromatic N) is 2. The maximum Gasteiger partial charge on any atom is 0.478 e. The first-order chi connectivity index (χ1) is 23.0. The smallest absolute Gasteiger partial charge is 0.478 e. The van der Waals surface area contributed by atoms with Gasteiger partial charge in [0.25, 0.3) is 11.4 Å². The molecule has 0 aliphatic heterocycles. The molecule has 48 heavy (non-hydrogen) atoms. The topological polar surface area (TPSA) is 164 Å². The van der Waals surface area contributed by atoms with Crippen LogP contribution in [0.25, 0.3) is 0 Å². The van der Waals surface area contributed by atoms with Gasteiger partial charge in [0.2, 0.25) is 0 Å². The van der Waals surface area contributed by atoms with Gasteiger partial charge in [-0.3, -0.25) is 20.2 Å². The van der Waals surface area contributed by atoms with E-state index in [9.17, 15) is 30.4 Å². The summed E-state index contributed by atoms with van der Waals surface area (Å²) >= 11 is 0. The standard InChI is InChI=1S/C34H27BN2O10P/c1-4-33(38)23-7-17-31(36(40)41)25(19-23)21-44-27-9-11-29(12-10-27)47-48(35,46-6-3)30-15-13-28(14-16-30)45-22-26-20-24(34(39)5-2)8-18-32(26)37(42)43/h1-2,6-20,33-34,38-39H,3,21-22H2/q+1. The molecule has 0 saturated heterocycles. The lowest BCUT2D eigenvalue weighted by atomic mass is 10.1. The summed E-state index contributed by atoms with van der Waals surface area (Å²) in [5.41, 5.74) is 0.715. The van der Waals surface area contributed by atoms with Crippen LogP contribution in [0.15, 0.2) is 97.8 Å². The Bertz CT molecular complexity index is 1890. The van der Waals surface area contributed by atoms with E-state index in [-0.39, 0.29) is 35.7 Å². The first-order valence-electron chi connectivity index (χ1n) is 13.9. The van der Waals surface area contributed by atoms with Gasteiger partial charge < -0.3 is 28.7 Å². The van der Waals surface area contributed by atoms with Crippen LogP contribution in [0.5, 0.6) is 17.2 Å². The van der Waals surface area contributed by atoms with Gasteiger partial charge in [-0.25, -0.2) is 0 Å². The highest BCUT2D eigenvalue weighted by Crippen LogP contribution is 2.55. The Balaban J connectivity index is 1.45. The Hall–Kier alpha value is -5.85. The first-order valence-corrected chi connectivity index (χ1v) is 15.6. The first kappa shape index (κ1) is 35.0. The quantitative estimate of drug-likeness (QED) is 0.0397. The molecule has 0 amide bonds. The van der Waals surface area contributed by atoms with Crippen LogP contribution < -0.4 is 19.3 Å². The van der Waals surface area contributed by atoms with Crippen LogP contribution in [-0.2, 0) is 17.7 Å². The minimum Gasteiger partial charge on any atom is -0.489 e. The summed E-state index contributed by atoms with van der Waals surface area (Å²) in [6.45, 7) is 3.24. The van der Waals surface area contributed by atoms with E-state index in [0.717, 1.165) is 6.26 Å². The number of rotatable bonds is 15. The third kappa shape index (κ3) is 8.49. The van der Waals surface area contributed by atoms with Crippen LogP contribution >= 0.6 is 7.59 Å². The van der Waals surface area contributed by atoms with Crippen molar-refractivity contribution in [3.8, 4) is 41.9 Å². The van der Waals surface area contributed by atoms with Gasteiger partial charge in [-0.15, -0.1) is 12.8 Å². The van der Waals surface area contributed by atoms with Crippen molar-refractivity contribution < 1.29 is 38.6 Å². The summed E-state index contributed by atoms with van der Waals surface area (Å²) in [7, 11) is 3.30. The van der Waals surface area contributed by atoms with Crippen LogP contribution in [-0.4, -0.2) is 27.6 Å². The minimum atomic E-state index is -3.26. The predicted octanol–water partition coefficient (Wildman–Crippen LogP) is 5.79. The van der Waals surface area contributed by atoms with Crippen molar-refractivity contribution in [3.63, 3.8) is 0 Å². The number of benzene rings is 4. The second-order valence-corrected chi connectivity index (χ2v) is 12.0. The highest BCUT2D eigenvalue weighted by Gasteiger charge is 2.41. The molecule has 4 rings (SSSR count). The van der Waals surface area contributed by atoms with E-state index in [1.165, 1.54) is 36.4 Å². The van der Waals surface area contributed by atoms with Gasteiger partial charge >= 0.3 is 15.2 Å². The predicted molar refractivity (Wildman–Crippen MR) is 180 cm³/mol. The van der Waals surface area contributed by atoms with Gasteiger partial charge in [-0.05, 0) is 83.9 Å². The zero-order chi connectivity index (χ0) is 34.8. The molecule has 0 fully saturated rings. The lowest BCUT2D eigenvalue weighted by Crippen LogP contribution is -2.17. The maximum absolute atomic E-state index is 11.5. The summed E-state index contributed by atoms with van der Waals surface area (Å²) in [5.74, 6) is 5.40. The largest absolute Gasteiger partial charge is 0.489 e. The zero-order valence-electron chi connectivity index (χ0n) is 25.2. The van der Waals surface area contributed by atoms with Crippen LogP contribution in [0.1, 0.15) is 34.5 Å². The van der Waals surface area contributed by atoms with Gasteiger partial charge in [0.1, 0.15) is 43.2 Å². The molecule has 0 heterocycles. The molecule has 3 unspecified atom stereocenters. The Labute approximate surface area is 277 Å². The van der Waals surface area contributed by atoms with Gasteiger partial charge in [-0.2, -0.15) is 0 Å². The van der Waals surface area contributed by atoms with E-state index in [1.807, 2.05) is 0 Å².